The first-order valence-electron chi connectivity index (χ1n) is 9.23. The van der Waals surface area contributed by atoms with Gasteiger partial charge in [-0.05, 0) is 43.0 Å². The van der Waals surface area contributed by atoms with Gasteiger partial charge >= 0.3 is 0 Å². The number of hydroxylamine groups is 2. The number of nitrogens with one attached hydrogen (secondary N) is 1. The molecule has 0 aromatic carbocycles. The molecule has 1 atom stereocenters. The maximum absolute atomic E-state index is 12.5. The Morgan fingerprint density at radius 3 is 2.92 bits per heavy atom. The Kier molecular flexibility index (Phi) is 7.05. The fraction of sp³-hybridized carbons (Fsp3) is 0.706. The van der Waals surface area contributed by atoms with Gasteiger partial charge in [0, 0.05) is 39.1 Å². The van der Waals surface area contributed by atoms with Crippen molar-refractivity contribution >= 4 is 27.3 Å². The molecule has 7 nitrogen and oxygen atoms in total. The number of piperidine rings is 1. The molecule has 9 heteroatoms. The summed E-state index contributed by atoms with van der Waals surface area (Å²) in [5.74, 6) is 0.290. The minimum atomic E-state index is -3.44. The maximum atomic E-state index is 12.5. The second kappa shape index (κ2) is 9.27. The van der Waals surface area contributed by atoms with Gasteiger partial charge in [-0.2, -0.15) is 5.06 Å². The molecule has 1 N–H and O–H groups in total. The highest BCUT2D eigenvalue weighted by molar-refractivity contribution is 7.91. The summed E-state index contributed by atoms with van der Waals surface area (Å²) in [6.45, 7) is 4.01. The van der Waals surface area contributed by atoms with Crippen molar-refractivity contribution in [1.29, 1.82) is 0 Å². The van der Waals surface area contributed by atoms with Gasteiger partial charge in [0.1, 0.15) is 4.21 Å². The molecular weight excluding hydrogens is 374 g/mol. The highest BCUT2D eigenvalue weighted by Gasteiger charge is 2.26. The molecule has 0 radical (unpaired) electrons. The third kappa shape index (κ3) is 5.50. The van der Waals surface area contributed by atoms with Crippen molar-refractivity contribution in [2.45, 2.75) is 36.3 Å². The van der Waals surface area contributed by atoms with Crippen molar-refractivity contribution in [2.75, 3.05) is 39.3 Å². The van der Waals surface area contributed by atoms with E-state index in [1.165, 1.54) is 11.3 Å². The van der Waals surface area contributed by atoms with E-state index in [9.17, 15) is 13.2 Å². The number of hydrogen-bond donors (Lipinski definition) is 1. The van der Waals surface area contributed by atoms with Crippen LogP contribution in [0, 0.1) is 5.92 Å². The van der Waals surface area contributed by atoms with E-state index in [0.29, 0.717) is 30.3 Å². The first kappa shape index (κ1) is 19.8. The zero-order valence-electron chi connectivity index (χ0n) is 14.9. The van der Waals surface area contributed by atoms with Crippen LogP contribution in [0.4, 0.5) is 0 Å². The van der Waals surface area contributed by atoms with Gasteiger partial charge in [-0.25, -0.2) is 13.1 Å². The van der Waals surface area contributed by atoms with Gasteiger partial charge in [0.05, 0.1) is 6.61 Å². The van der Waals surface area contributed by atoms with Crippen LogP contribution in [0.25, 0.3) is 0 Å². The van der Waals surface area contributed by atoms with Crippen LogP contribution in [0.2, 0.25) is 0 Å². The first-order valence-corrected chi connectivity index (χ1v) is 11.6. The van der Waals surface area contributed by atoms with Crippen LogP contribution in [0.5, 0.6) is 0 Å². The van der Waals surface area contributed by atoms with Crippen LogP contribution in [-0.2, 0) is 19.7 Å². The van der Waals surface area contributed by atoms with E-state index >= 15 is 0 Å². The Morgan fingerprint density at radius 2 is 2.19 bits per heavy atom. The van der Waals surface area contributed by atoms with E-state index in [-0.39, 0.29) is 11.8 Å². The topological polar surface area (TPSA) is 79.0 Å². The molecule has 3 heterocycles. The van der Waals surface area contributed by atoms with Gasteiger partial charge in [-0.1, -0.05) is 6.07 Å². The van der Waals surface area contributed by atoms with Crippen LogP contribution >= 0.6 is 11.3 Å². The summed E-state index contributed by atoms with van der Waals surface area (Å²) in [4.78, 5) is 19.9. The second-order valence-electron chi connectivity index (χ2n) is 6.85. The molecule has 146 valence electrons. The van der Waals surface area contributed by atoms with E-state index in [1.54, 1.807) is 17.5 Å². The largest absolute Gasteiger partial charge is 0.342 e. The molecule has 2 aliphatic heterocycles. The molecule has 1 aromatic heterocycles. The van der Waals surface area contributed by atoms with Gasteiger partial charge < -0.3 is 4.90 Å². The van der Waals surface area contributed by atoms with Crippen LogP contribution in [0.15, 0.2) is 21.7 Å². The van der Waals surface area contributed by atoms with Gasteiger partial charge in [0.15, 0.2) is 0 Å². The Labute approximate surface area is 159 Å². The molecular formula is C17H27N3O4S2. The molecule has 0 bridgehead atoms. The van der Waals surface area contributed by atoms with Crippen molar-refractivity contribution in [3.63, 3.8) is 0 Å². The SMILES string of the molecule is O=C(CCN1CCCCO1)N1CCC[C@H](CNS(=O)(=O)c2cccs2)C1. The van der Waals surface area contributed by atoms with Gasteiger partial charge in [0.25, 0.3) is 0 Å². The number of rotatable bonds is 7. The van der Waals surface area contributed by atoms with Crippen LogP contribution in [0.1, 0.15) is 32.1 Å². The van der Waals surface area contributed by atoms with Crippen LogP contribution < -0.4 is 4.72 Å². The van der Waals surface area contributed by atoms with E-state index in [2.05, 4.69) is 4.72 Å². The lowest BCUT2D eigenvalue weighted by atomic mass is 9.98. The first-order chi connectivity index (χ1) is 12.5. The van der Waals surface area contributed by atoms with Crippen molar-refractivity contribution in [3.8, 4) is 0 Å². The Bertz CT molecular complexity index is 672. The summed E-state index contributed by atoms with van der Waals surface area (Å²) in [5.41, 5.74) is 0. The number of hydrogen-bond acceptors (Lipinski definition) is 6. The summed E-state index contributed by atoms with van der Waals surface area (Å²) >= 11 is 1.21. The highest BCUT2D eigenvalue weighted by atomic mass is 32.2. The molecule has 2 fully saturated rings. The van der Waals surface area contributed by atoms with E-state index in [1.807, 2.05) is 9.96 Å². The highest BCUT2D eigenvalue weighted by Crippen LogP contribution is 2.19. The fourth-order valence-electron chi connectivity index (χ4n) is 3.38. The van der Waals surface area contributed by atoms with Crippen molar-refractivity contribution in [3.05, 3.63) is 17.5 Å². The van der Waals surface area contributed by atoms with Crippen molar-refractivity contribution in [2.24, 2.45) is 5.92 Å². The smallest absolute Gasteiger partial charge is 0.250 e. The number of carbonyl (C=O) groups excluding carboxylic acids is 1. The Balaban J connectivity index is 1.44. The predicted octanol–water partition coefficient (Wildman–Crippen LogP) is 1.68. The fourth-order valence-corrected chi connectivity index (χ4v) is 5.53. The van der Waals surface area contributed by atoms with Crippen LogP contribution in [-0.4, -0.2) is 63.6 Å². The molecule has 2 saturated heterocycles. The van der Waals surface area contributed by atoms with Gasteiger partial charge in [0.2, 0.25) is 15.9 Å². The summed E-state index contributed by atoms with van der Waals surface area (Å²) in [6, 6.07) is 3.33. The lowest BCUT2D eigenvalue weighted by Gasteiger charge is -2.33. The van der Waals surface area contributed by atoms with E-state index in [4.69, 9.17) is 4.84 Å². The number of carbonyl (C=O) groups is 1. The van der Waals surface area contributed by atoms with E-state index < -0.39 is 10.0 Å². The monoisotopic (exact) mass is 401 g/mol. The predicted molar refractivity (Wildman–Crippen MR) is 100 cm³/mol. The lowest BCUT2D eigenvalue weighted by molar-refractivity contribution is -0.182. The number of thiophene rings is 1. The quantitative estimate of drug-likeness (QED) is 0.752. The normalized spacial score (nSPS) is 22.5. The summed E-state index contributed by atoms with van der Waals surface area (Å²) in [6.07, 6.45) is 4.50. The van der Waals surface area contributed by atoms with Gasteiger partial charge in [-0.15, -0.1) is 11.3 Å². The number of nitrogens with zero attached hydrogens (tertiary/aromatic N) is 2. The molecule has 2 aliphatic rings. The van der Waals surface area contributed by atoms with Gasteiger partial charge in [-0.3, -0.25) is 9.63 Å². The van der Waals surface area contributed by atoms with E-state index in [0.717, 1.165) is 45.4 Å². The third-order valence-corrected chi connectivity index (χ3v) is 7.67. The minimum absolute atomic E-state index is 0.130. The Hall–Kier alpha value is -1.000. The lowest BCUT2D eigenvalue weighted by Crippen LogP contribution is -2.44. The molecule has 26 heavy (non-hydrogen) atoms. The average Bonchev–Trinajstić information content (AvgIpc) is 3.21. The number of amides is 1. The summed E-state index contributed by atoms with van der Waals surface area (Å²) < 4.78 is 27.5. The summed E-state index contributed by atoms with van der Waals surface area (Å²) in [5, 5.41) is 3.64. The van der Waals surface area contributed by atoms with Crippen molar-refractivity contribution < 1.29 is 18.0 Å². The minimum Gasteiger partial charge on any atom is -0.342 e. The zero-order valence-corrected chi connectivity index (χ0v) is 16.6. The van der Waals surface area contributed by atoms with Crippen LogP contribution in [0.3, 0.4) is 0 Å². The summed E-state index contributed by atoms with van der Waals surface area (Å²) in [7, 11) is -3.44. The molecule has 0 spiro atoms. The molecule has 0 saturated carbocycles. The molecule has 0 unspecified atom stereocenters. The number of sulfonamides is 1. The second-order valence-corrected chi connectivity index (χ2v) is 9.79. The number of likely N-dealkylation sites (tertiary alicyclic amines) is 1. The maximum Gasteiger partial charge on any atom is 0.250 e. The standard InChI is InChI=1S/C17H27N3O4S2/c21-16(7-10-20-9-1-2-11-24-20)19-8-3-5-15(14-19)13-18-26(22,23)17-6-4-12-25-17/h4,6,12,15,18H,1-3,5,7-11,13-14H2/t15-/m1/s1. The zero-order chi connectivity index (χ0) is 18.4. The molecule has 1 aromatic rings. The molecule has 1 amide bonds. The average molecular weight is 402 g/mol. The Morgan fingerprint density at radius 1 is 1.31 bits per heavy atom. The third-order valence-electron chi connectivity index (χ3n) is 4.84. The van der Waals surface area contributed by atoms with Crippen molar-refractivity contribution in [1.82, 2.24) is 14.7 Å². The molecule has 0 aliphatic carbocycles. The molecule has 3 rings (SSSR count).